The number of hydrogen-bond donors (Lipinski definition) is 3. The first-order valence-corrected chi connectivity index (χ1v) is 6.54. The second-order valence-corrected chi connectivity index (χ2v) is 5.94. The van der Waals surface area contributed by atoms with Crippen LogP contribution in [-0.2, 0) is 9.59 Å². The van der Waals surface area contributed by atoms with Crippen LogP contribution in [0.25, 0.3) is 0 Å². The van der Waals surface area contributed by atoms with E-state index < -0.39 is 35.1 Å². The van der Waals surface area contributed by atoms with Gasteiger partial charge >= 0.3 is 11.9 Å². The van der Waals surface area contributed by atoms with E-state index in [0.717, 1.165) is 5.56 Å². The first-order chi connectivity index (χ1) is 9.66. The molecule has 6 nitrogen and oxygen atoms in total. The molecule has 0 spiro atoms. The van der Waals surface area contributed by atoms with E-state index in [1.54, 1.807) is 26.8 Å². The van der Waals surface area contributed by atoms with Gasteiger partial charge in [0.05, 0.1) is 17.4 Å². The van der Waals surface area contributed by atoms with Crippen LogP contribution in [0.15, 0.2) is 18.2 Å². The number of carboxylic acids is 2. The van der Waals surface area contributed by atoms with Crippen LogP contribution in [0.1, 0.15) is 29.8 Å². The highest BCUT2D eigenvalue weighted by molar-refractivity contribution is 6.01. The molecule has 2 atom stereocenters. The van der Waals surface area contributed by atoms with Crippen molar-refractivity contribution in [2.24, 2.45) is 17.3 Å². The van der Waals surface area contributed by atoms with Crippen molar-refractivity contribution in [1.29, 1.82) is 0 Å². The summed E-state index contributed by atoms with van der Waals surface area (Å²) < 4.78 is 0. The van der Waals surface area contributed by atoms with Crippen molar-refractivity contribution in [2.45, 2.75) is 20.8 Å². The number of benzene rings is 1. The third-order valence-electron chi connectivity index (χ3n) is 4.12. The van der Waals surface area contributed by atoms with Gasteiger partial charge in [0.25, 0.3) is 0 Å². The lowest BCUT2D eigenvalue weighted by atomic mass is 10.1. The van der Waals surface area contributed by atoms with E-state index in [2.05, 4.69) is 5.32 Å². The Morgan fingerprint density at radius 1 is 1.14 bits per heavy atom. The fourth-order valence-electron chi connectivity index (χ4n) is 2.69. The zero-order valence-corrected chi connectivity index (χ0v) is 12.0. The molecule has 0 aromatic heterocycles. The topological polar surface area (TPSA) is 104 Å². The summed E-state index contributed by atoms with van der Waals surface area (Å²) in [4.78, 5) is 34.3. The number of carbonyl (C=O) groups excluding carboxylic acids is 1. The molecule has 2 unspecified atom stereocenters. The molecule has 3 N–H and O–H groups in total. The highest BCUT2D eigenvalue weighted by Crippen LogP contribution is 2.58. The summed E-state index contributed by atoms with van der Waals surface area (Å²) in [6.07, 6.45) is 0. The average Bonchev–Trinajstić information content (AvgIpc) is 2.95. The highest BCUT2D eigenvalue weighted by Gasteiger charge is 2.65. The Balaban J connectivity index is 2.20. The van der Waals surface area contributed by atoms with Crippen molar-refractivity contribution in [3.05, 3.63) is 29.3 Å². The van der Waals surface area contributed by atoms with E-state index in [4.69, 9.17) is 10.2 Å². The van der Waals surface area contributed by atoms with Crippen molar-refractivity contribution >= 4 is 23.5 Å². The molecule has 0 saturated heterocycles. The van der Waals surface area contributed by atoms with E-state index in [1.807, 2.05) is 0 Å². The normalized spacial score (nSPS) is 22.4. The number of rotatable bonds is 4. The fraction of sp³-hybridized carbons (Fsp3) is 0.400. The summed E-state index contributed by atoms with van der Waals surface area (Å²) in [6, 6.07) is 4.43. The SMILES string of the molecule is Cc1ccc(C(=O)O)cc1NC(=O)C1C(C(=O)O)C1(C)C. The molecule has 0 bridgehead atoms. The lowest BCUT2D eigenvalue weighted by molar-refractivity contribution is -0.140. The fourth-order valence-corrected chi connectivity index (χ4v) is 2.69. The lowest BCUT2D eigenvalue weighted by Gasteiger charge is -2.10. The largest absolute Gasteiger partial charge is 0.481 e. The minimum atomic E-state index is -1.08. The first-order valence-electron chi connectivity index (χ1n) is 6.54. The van der Waals surface area contributed by atoms with E-state index in [0.29, 0.717) is 5.69 Å². The first kappa shape index (κ1) is 15.0. The Bertz CT molecular complexity index is 635. The molecule has 1 aromatic carbocycles. The second-order valence-electron chi connectivity index (χ2n) is 5.94. The molecule has 1 saturated carbocycles. The maximum absolute atomic E-state index is 12.2. The number of anilines is 1. The van der Waals surface area contributed by atoms with Crippen molar-refractivity contribution < 1.29 is 24.6 Å². The summed E-state index contributed by atoms with van der Waals surface area (Å²) in [6.45, 7) is 5.21. The van der Waals surface area contributed by atoms with Crippen LogP contribution >= 0.6 is 0 Å². The predicted molar refractivity (Wildman–Crippen MR) is 75.2 cm³/mol. The molecule has 1 fully saturated rings. The number of carboxylic acid groups (broad SMARTS) is 2. The Labute approximate surface area is 121 Å². The monoisotopic (exact) mass is 291 g/mol. The zero-order chi connectivity index (χ0) is 15.9. The van der Waals surface area contributed by atoms with Gasteiger partial charge < -0.3 is 15.5 Å². The minimum Gasteiger partial charge on any atom is -0.481 e. The van der Waals surface area contributed by atoms with Gasteiger partial charge in [0.1, 0.15) is 0 Å². The van der Waals surface area contributed by atoms with Crippen LogP contribution in [-0.4, -0.2) is 28.1 Å². The molecule has 112 valence electrons. The van der Waals surface area contributed by atoms with Crippen LogP contribution < -0.4 is 5.32 Å². The quantitative estimate of drug-likeness (QED) is 0.787. The van der Waals surface area contributed by atoms with Crippen LogP contribution in [0.4, 0.5) is 5.69 Å². The number of aryl methyl sites for hydroxylation is 1. The van der Waals surface area contributed by atoms with Gasteiger partial charge in [-0.1, -0.05) is 19.9 Å². The van der Waals surface area contributed by atoms with Gasteiger partial charge in [-0.05, 0) is 30.0 Å². The highest BCUT2D eigenvalue weighted by atomic mass is 16.4. The zero-order valence-electron chi connectivity index (χ0n) is 12.0. The molecular formula is C15H17NO5. The van der Waals surface area contributed by atoms with Gasteiger partial charge in [0.15, 0.2) is 0 Å². The molecule has 6 heteroatoms. The molecule has 2 rings (SSSR count). The van der Waals surface area contributed by atoms with Gasteiger partial charge in [-0.3, -0.25) is 9.59 Å². The summed E-state index contributed by atoms with van der Waals surface area (Å²) in [5.74, 6) is -3.78. The summed E-state index contributed by atoms with van der Waals surface area (Å²) in [5, 5.41) is 20.7. The lowest BCUT2D eigenvalue weighted by Crippen LogP contribution is -2.18. The van der Waals surface area contributed by atoms with Crippen LogP contribution in [0.3, 0.4) is 0 Å². The van der Waals surface area contributed by atoms with Gasteiger partial charge in [-0.2, -0.15) is 0 Å². The van der Waals surface area contributed by atoms with Gasteiger partial charge in [0.2, 0.25) is 5.91 Å². The number of amides is 1. The van der Waals surface area contributed by atoms with E-state index in [-0.39, 0.29) is 5.56 Å². The van der Waals surface area contributed by atoms with E-state index in [9.17, 15) is 14.4 Å². The van der Waals surface area contributed by atoms with Crippen LogP contribution in [0.2, 0.25) is 0 Å². The summed E-state index contributed by atoms with van der Waals surface area (Å²) >= 11 is 0. The third-order valence-corrected chi connectivity index (χ3v) is 4.12. The van der Waals surface area contributed by atoms with Gasteiger partial charge in [-0.15, -0.1) is 0 Å². The van der Waals surface area contributed by atoms with Crippen molar-refractivity contribution in [1.82, 2.24) is 0 Å². The summed E-state index contributed by atoms with van der Waals surface area (Å²) in [7, 11) is 0. The second kappa shape index (κ2) is 4.87. The number of aliphatic carboxylic acids is 1. The van der Waals surface area contributed by atoms with Crippen LogP contribution in [0.5, 0.6) is 0 Å². The van der Waals surface area contributed by atoms with Crippen molar-refractivity contribution in [3.8, 4) is 0 Å². The number of carbonyl (C=O) groups is 3. The van der Waals surface area contributed by atoms with E-state index in [1.165, 1.54) is 12.1 Å². The van der Waals surface area contributed by atoms with Crippen LogP contribution in [0, 0.1) is 24.2 Å². The number of nitrogens with one attached hydrogen (secondary N) is 1. The maximum Gasteiger partial charge on any atom is 0.335 e. The molecular weight excluding hydrogens is 274 g/mol. The molecule has 1 aromatic rings. The molecule has 0 aliphatic heterocycles. The Kier molecular flexibility index (Phi) is 3.49. The Hall–Kier alpha value is -2.37. The number of hydrogen-bond acceptors (Lipinski definition) is 3. The molecule has 1 aliphatic carbocycles. The maximum atomic E-state index is 12.2. The number of aromatic carboxylic acids is 1. The summed E-state index contributed by atoms with van der Waals surface area (Å²) in [5.41, 5.74) is 0.597. The standard InChI is InChI=1S/C15H17NO5/c1-7-4-5-8(13(18)19)6-9(7)16-12(17)10-11(14(20)21)15(10,2)3/h4-6,10-11H,1-3H3,(H,16,17)(H,18,19)(H,20,21). The smallest absolute Gasteiger partial charge is 0.335 e. The predicted octanol–water partition coefficient (Wildman–Crippen LogP) is 1.99. The molecule has 1 amide bonds. The molecule has 21 heavy (non-hydrogen) atoms. The molecule has 0 radical (unpaired) electrons. The van der Waals surface area contributed by atoms with Gasteiger partial charge in [-0.25, -0.2) is 4.79 Å². The Morgan fingerprint density at radius 2 is 1.76 bits per heavy atom. The van der Waals surface area contributed by atoms with E-state index >= 15 is 0 Å². The van der Waals surface area contributed by atoms with Crippen molar-refractivity contribution in [2.75, 3.05) is 5.32 Å². The minimum absolute atomic E-state index is 0.0701. The molecule has 1 aliphatic rings. The third kappa shape index (κ3) is 2.61. The molecule has 0 heterocycles. The Morgan fingerprint density at radius 3 is 2.24 bits per heavy atom. The average molecular weight is 291 g/mol. The van der Waals surface area contributed by atoms with Crippen molar-refractivity contribution in [3.63, 3.8) is 0 Å². The van der Waals surface area contributed by atoms with Gasteiger partial charge in [0, 0.05) is 5.69 Å².